The number of hydrogen-bond acceptors (Lipinski definition) is 12. The molecule has 4 rings (SSSR count). The standard InChI is InChI=1S/C27H30O12/c1-12-20(10-9-18-17-7-6-8-19(17)26(32)39-22(12)18)37-27-25(36-16(5)31)24(35-15(4)30)23(34-14(3)29)21(38-27)11-33-13(2)28/h9-10,21,23-25,27H,6-8,11H2,1-5H3/t21-,23-,24+,25-,27-/m1/s1. The highest BCUT2D eigenvalue weighted by Crippen LogP contribution is 2.36. The molecule has 2 aliphatic rings. The van der Waals surface area contributed by atoms with E-state index in [2.05, 4.69) is 0 Å². The van der Waals surface area contributed by atoms with Gasteiger partial charge in [-0.3, -0.25) is 19.2 Å². The third-order valence-electron chi connectivity index (χ3n) is 6.53. The number of aryl methyl sites for hydroxylation is 2. The molecule has 39 heavy (non-hydrogen) atoms. The molecule has 2 aromatic rings. The fourth-order valence-corrected chi connectivity index (χ4v) is 5.00. The minimum absolute atomic E-state index is 0.240. The molecule has 210 valence electrons. The molecule has 1 aliphatic carbocycles. The minimum Gasteiger partial charge on any atom is -0.463 e. The predicted molar refractivity (Wildman–Crippen MR) is 132 cm³/mol. The Kier molecular flexibility index (Phi) is 8.24. The van der Waals surface area contributed by atoms with Gasteiger partial charge in [0.15, 0.2) is 12.2 Å². The van der Waals surface area contributed by atoms with Crippen LogP contribution < -0.4 is 10.4 Å². The van der Waals surface area contributed by atoms with Gasteiger partial charge in [-0.1, -0.05) is 0 Å². The van der Waals surface area contributed by atoms with Gasteiger partial charge < -0.3 is 32.8 Å². The number of rotatable bonds is 7. The molecule has 1 aromatic heterocycles. The smallest absolute Gasteiger partial charge is 0.339 e. The Bertz CT molecular complexity index is 1360. The zero-order valence-electron chi connectivity index (χ0n) is 22.3. The summed E-state index contributed by atoms with van der Waals surface area (Å²) in [4.78, 5) is 60.1. The molecule has 12 nitrogen and oxygen atoms in total. The SMILES string of the molecule is CC(=O)OC[C@H]1O[C@@H](Oc2ccc3c4c(c(=O)oc3c2C)CCC4)[C@H](OC(C)=O)[C@@H](OC(C)=O)[C@@H]1OC(C)=O. The van der Waals surface area contributed by atoms with Gasteiger partial charge in [-0.15, -0.1) is 0 Å². The number of esters is 4. The molecule has 0 unspecified atom stereocenters. The van der Waals surface area contributed by atoms with Crippen molar-refractivity contribution in [3.05, 3.63) is 39.2 Å². The van der Waals surface area contributed by atoms with Gasteiger partial charge in [-0.25, -0.2) is 4.79 Å². The van der Waals surface area contributed by atoms with E-state index in [0.717, 1.165) is 44.6 Å². The summed E-state index contributed by atoms with van der Waals surface area (Å²) in [6.45, 7) is 5.93. The fourth-order valence-electron chi connectivity index (χ4n) is 5.00. The Morgan fingerprint density at radius 3 is 2.10 bits per heavy atom. The number of fused-ring (bicyclic) bond motifs is 3. The summed E-state index contributed by atoms with van der Waals surface area (Å²) in [5.41, 5.74) is 2.07. The Balaban J connectivity index is 1.75. The quantitative estimate of drug-likeness (QED) is 0.284. The second kappa shape index (κ2) is 11.4. The van der Waals surface area contributed by atoms with Gasteiger partial charge in [0.1, 0.15) is 24.0 Å². The number of benzene rings is 1. The molecule has 12 heteroatoms. The zero-order valence-corrected chi connectivity index (χ0v) is 22.3. The third kappa shape index (κ3) is 6.06. The first-order chi connectivity index (χ1) is 18.5. The van der Waals surface area contributed by atoms with Crippen molar-refractivity contribution in [3.63, 3.8) is 0 Å². The highest BCUT2D eigenvalue weighted by molar-refractivity contribution is 5.86. The van der Waals surface area contributed by atoms with Crippen molar-refractivity contribution < 1.29 is 52.0 Å². The fraction of sp³-hybridized carbons (Fsp3) is 0.519. The van der Waals surface area contributed by atoms with Crippen LogP contribution in [0.1, 0.15) is 50.8 Å². The Labute approximate surface area is 223 Å². The molecule has 0 N–H and O–H groups in total. The van der Waals surface area contributed by atoms with Crippen molar-refractivity contribution in [3.8, 4) is 5.75 Å². The second-order valence-electron chi connectivity index (χ2n) is 9.45. The molecule has 1 aliphatic heterocycles. The van der Waals surface area contributed by atoms with Crippen LogP contribution in [-0.4, -0.2) is 61.2 Å². The van der Waals surface area contributed by atoms with E-state index in [1.165, 1.54) is 6.92 Å². The van der Waals surface area contributed by atoms with Crippen LogP contribution in [0.3, 0.4) is 0 Å². The monoisotopic (exact) mass is 546 g/mol. The maximum Gasteiger partial charge on any atom is 0.339 e. The van der Waals surface area contributed by atoms with E-state index in [4.69, 9.17) is 32.8 Å². The van der Waals surface area contributed by atoms with Crippen molar-refractivity contribution in [2.75, 3.05) is 6.61 Å². The average molecular weight is 547 g/mol. The summed E-state index contributed by atoms with van der Waals surface area (Å²) < 4.78 is 39.1. The van der Waals surface area contributed by atoms with E-state index in [0.29, 0.717) is 23.1 Å². The molecule has 5 atom stereocenters. The van der Waals surface area contributed by atoms with Gasteiger partial charge in [0.05, 0.1) is 0 Å². The van der Waals surface area contributed by atoms with Crippen molar-refractivity contribution in [2.24, 2.45) is 0 Å². The summed E-state index contributed by atoms with van der Waals surface area (Å²) in [5.74, 6) is -2.62. The highest BCUT2D eigenvalue weighted by atomic mass is 16.7. The third-order valence-corrected chi connectivity index (χ3v) is 6.53. The molecular weight excluding hydrogens is 516 g/mol. The second-order valence-corrected chi connectivity index (χ2v) is 9.45. The summed E-state index contributed by atoms with van der Waals surface area (Å²) in [5, 5.41) is 0.800. The largest absolute Gasteiger partial charge is 0.463 e. The van der Waals surface area contributed by atoms with Gasteiger partial charge >= 0.3 is 29.5 Å². The van der Waals surface area contributed by atoms with Crippen LogP contribution in [0.2, 0.25) is 0 Å². The Hall–Kier alpha value is -3.93. The lowest BCUT2D eigenvalue weighted by molar-refractivity contribution is -0.288. The predicted octanol–water partition coefficient (Wildman–Crippen LogP) is 2.05. The number of carbonyl (C=O) groups excluding carboxylic acids is 4. The van der Waals surface area contributed by atoms with Crippen molar-refractivity contribution in [2.45, 2.75) is 84.6 Å². The minimum atomic E-state index is -1.40. The van der Waals surface area contributed by atoms with Crippen molar-refractivity contribution in [1.82, 2.24) is 0 Å². The first kappa shape index (κ1) is 28.1. The van der Waals surface area contributed by atoms with Crippen LogP contribution in [0.15, 0.2) is 21.3 Å². The molecule has 0 bridgehead atoms. The summed E-state index contributed by atoms with van der Waals surface area (Å²) in [7, 11) is 0. The van der Waals surface area contributed by atoms with E-state index >= 15 is 0 Å². The summed E-state index contributed by atoms with van der Waals surface area (Å²) in [6.07, 6.45) is -4.31. The first-order valence-corrected chi connectivity index (χ1v) is 12.5. The van der Waals surface area contributed by atoms with Crippen LogP contribution in [-0.2, 0) is 55.7 Å². The number of hydrogen-bond donors (Lipinski definition) is 0. The van der Waals surface area contributed by atoms with Crippen molar-refractivity contribution in [1.29, 1.82) is 0 Å². The molecule has 1 fully saturated rings. The topological polar surface area (TPSA) is 154 Å². The zero-order chi connectivity index (χ0) is 28.4. The first-order valence-electron chi connectivity index (χ1n) is 12.5. The molecular formula is C27H30O12. The lowest BCUT2D eigenvalue weighted by Gasteiger charge is -2.44. The van der Waals surface area contributed by atoms with E-state index in [1.807, 2.05) is 0 Å². The Morgan fingerprint density at radius 2 is 1.46 bits per heavy atom. The van der Waals surface area contributed by atoms with E-state index in [9.17, 15) is 24.0 Å². The summed E-state index contributed by atoms with van der Waals surface area (Å²) in [6, 6.07) is 3.44. The van der Waals surface area contributed by atoms with Crippen molar-refractivity contribution >= 4 is 34.8 Å². The molecule has 0 spiro atoms. The van der Waals surface area contributed by atoms with Gasteiger partial charge in [0, 0.05) is 44.2 Å². The van der Waals surface area contributed by atoms with E-state index < -0.39 is 60.2 Å². The molecule has 1 aromatic carbocycles. The van der Waals surface area contributed by atoms with Crippen LogP contribution >= 0.6 is 0 Å². The normalized spacial score (nSPS) is 24.0. The van der Waals surface area contributed by atoms with Crippen LogP contribution in [0.25, 0.3) is 11.0 Å². The molecule has 0 saturated carbocycles. The van der Waals surface area contributed by atoms with Gasteiger partial charge in [-0.05, 0) is 43.9 Å². The van der Waals surface area contributed by atoms with E-state index in [-0.39, 0.29) is 12.4 Å². The van der Waals surface area contributed by atoms with Gasteiger partial charge in [0.2, 0.25) is 12.4 Å². The Morgan fingerprint density at radius 1 is 0.846 bits per heavy atom. The van der Waals surface area contributed by atoms with E-state index in [1.54, 1.807) is 19.1 Å². The lowest BCUT2D eigenvalue weighted by Crippen LogP contribution is -2.63. The van der Waals surface area contributed by atoms with Gasteiger partial charge in [-0.2, -0.15) is 0 Å². The molecule has 0 amide bonds. The number of ether oxygens (including phenoxy) is 6. The average Bonchev–Trinajstić information content (AvgIpc) is 3.34. The summed E-state index contributed by atoms with van der Waals surface area (Å²) >= 11 is 0. The van der Waals surface area contributed by atoms with Gasteiger partial charge in [0.25, 0.3) is 0 Å². The maximum absolute atomic E-state index is 12.6. The maximum atomic E-state index is 12.6. The molecule has 0 radical (unpaired) electrons. The molecule has 1 saturated heterocycles. The lowest BCUT2D eigenvalue weighted by atomic mass is 9.98. The molecule has 2 heterocycles. The van der Waals surface area contributed by atoms with Crippen LogP contribution in [0.5, 0.6) is 5.75 Å². The number of carbonyl (C=O) groups is 4. The highest BCUT2D eigenvalue weighted by Gasteiger charge is 2.53. The van der Waals surface area contributed by atoms with Crippen LogP contribution in [0, 0.1) is 6.92 Å². The van der Waals surface area contributed by atoms with Crippen LogP contribution in [0.4, 0.5) is 0 Å².